The summed E-state index contributed by atoms with van der Waals surface area (Å²) in [5.74, 6) is 0.916. The first-order valence-corrected chi connectivity index (χ1v) is 12.8. The second-order valence-corrected chi connectivity index (χ2v) is 9.56. The van der Waals surface area contributed by atoms with E-state index < -0.39 is 17.9 Å². The Kier molecular flexibility index (Phi) is 7.67. The van der Waals surface area contributed by atoms with Gasteiger partial charge in [0.1, 0.15) is 17.0 Å². The molecule has 1 atom stereocenters. The summed E-state index contributed by atoms with van der Waals surface area (Å²) in [6.07, 6.45) is -1.76. The number of nitrogens with one attached hydrogen (secondary N) is 1. The van der Waals surface area contributed by atoms with Crippen molar-refractivity contribution in [3.05, 3.63) is 53.7 Å². The van der Waals surface area contributed by atoms with E-state index in [1.54, 1.807) is 30.2 Å². The summed E-state index contributed by atoms with van der Waals surface area (Å²) in [5, 5.41) is 3.59. The van der Waals surface area contributed by atoms with Gasteiger partial charge in [-0.3, -0.25) is 4.79 Å². The van der Waals surface area contributed by atoms with E-state index in [0.717, 1.165) is 6.07 Å². The van der Waals surface area contributed by atoms with Gasteiger partial charge >= 0.3 is 6.18 Å². The first kappa shape index (κ1) is 28.1. The number of likely N-dealkylation sites (tertiary alicyclic amines) is 1. The van der Waals surface area contributed by atoms with Crippen molar-refractivity contribution in [1.82, 2.24) is 24.8 Å². The van der Waals surface area contributed by atoms with Gasteiger partial charge in [-0.05, 0) is 44.0 Å². The molecular formula is C27H28F3N7O4. The number of nitrogens with zero attached hydrogens (tertiary/aromatic N) is 5. The van der Waals surface area contributed by atoms with Crippen molar-refractivity contribution in [2.45, 2.75) is 38.0 Å². The standard InChI is InChI=1S/C27H28F3N7O4/c1-14(31)23-22(25(38)37-12-9-15(10-13-37)33-26-32-11-8-20(35-26)40-3)36-24(41-23)17-4-6-18(39-2)21-16(17)5-7-19(34-21)27(28,29)30/h4-8,11,14-15H,9-10,12-13,31H2,1-3H3,(H,32,33,35)/t14-/m0/s1. The Bertz CT molecular complexity index is 1570. The first-order chi connectivity index (χ1) is 19.6. The fourth-order valence-corrected chi connectivity index (χ4v) is 4.69. The monoisotopic (exact) mass is 571 g/mol. The Labute approximate surface area is 232 Å². The Morgan fingerprint density at radius 1 is 1.10 bits per heavy atom. The highest BCUT2D eigenvalue weighted by molar-refractivity contribution is 5.98. The number of halogens is 3. The average molecular weight is 572 g/mol. The molecule has 0 spiro atoms. The van der Waals surface area contributed by atoms with Gasteiger partial charge in [-0.1, -0.05) is 0 Å². The molecule has 5 rings (SSSR count). The number of rotatable bonds is 7. The minimum Gasteiger partial charge on any atom is -0.494 e. The van der Waals surface area contributed by atoms with Crippen LogP contribution in [-0.4, -0.2) is 64.1 Å². The molecule has 1 aromatic carbocycles. The lowest BCUT2D eigenvalue weighted by Crippen LogP contribution is -2.43. The zero-order valence-corrected chi connectivity index (χ0v) is 22.5. The van der Waals surface area contributed by atoms with Gasteiger partial charge in [0.15, 0.2) is 11.5 Å². The number of ether oxygens (including phenoxy) is 2. The second-order valence-electron chi connectivity index (χ2n) is 9.56. The molecule has 0 radical (unpaired) electrons. The maximum absolute atomic E-state index is 13.6. The van der Waals surface area contributed by atoms with Crippen molar-refractivity contribution < 1.29 is 31.9 Å². The molecule has 216 valence electrons. The molecule has 1 fully saturated rings. The van der Waals surface area contributed by atoms with Gasteiger partial charge in [-0.2, -0.15) is 18.2 Å². The van der Waals surface area contributed by atoms with E-state index in [0.29, 0.717) is 48.7 Å². The number of carbonyl (C=O) groups excluding carboxylic acids is 1. The summed E-state index contributed by atoms with van der Waals surface area (Å²) in [4.78, 5) is 32.0. The first-order valence-electron chi connectivity index (χ1n) is 12.8. The number of hydrogen-bond donors (Lipinski definition) is 2. The molecule has 0 unspecified atom stereocenters. The van der Waals surface area contributed by atoms with Gasteiger partial charge in [-0.15, -0.1) is 0 Å². The van der Waals surface area contributed by atoms with Gasteiger partial charge in [0.25, 0.3) is 5.91 Å². The van der Waals surface area contributed by atoms with Crippen molar-refractivity contribution >= 4 is 22.8 Å². The molecule has 3 N–H and O–H groups in total. The number of piperidine rings is 1. The number of carbonyl (C=O) groups is 1. The van der Waals surface area contributed by atoms with Crippen LogP contribution in [0.15, 0.2) is 40.9 Å². The lowest BCUT2D eigenvalue weighted by molar-refractivity contribution is -0.140. The van der Waals surface area contributed by atoms with Crippen molar-refractivity contribution in [1.29, 1.82) is 0 Å². The van der Waals surface area contributed by atoms with Crippen LogP contribution in [0.3, 0.4) is 0 Å². The largest absolute Gasteiger partial charge is 0.494 e. The molecule has 11 nitrogen and oxygen atoms in total. The molecule has 0 aliphatic carbocycles. The molecule has 14 heteroatoms. The SMILES string of the molecule is COc1ccnc(NC2CCN(C(=O)c3nc(-c4ccc(OC)c5nc(C(F)(F)F)ccc45)oc3[C@H](C)N)CC2)n1. The number of oxazole rings is 1. The minimum atomic E-state index is -4.64. The fraction of sp³-hybridized carbons (Fsp3) is 0.370. The van der Waals surface area contributed by atoms with E-state index >= 15 is 0 Å². The molecule has 4 aromatic rings. The molecule has 1 amide bonds. The Hall–Kier alpha value is -4.46. The van der Waals surface area contributed by atoms with Crippen LogP contribution in [0.2, 0.25) is 0 Å². The lowest BCUT2D eigenvalue weighted by atomic mass is 10.0. The third-order valence-electron chi connectivity index (χ3n) is 6.79. The molecule has 0 bridgehead atoms. The minimum absolute atomic E-state index is 0.0113. The smallest absolute Gasteiger partial charge is 0.433 e. The van der Waals surface area contributed by atoms with Crippen molar-refractivity contribution in [2.75, 3.05) is 32.6 Å². The molecule has 0 saturated carbocycles. The number of alkyl halides is 3. The van der Waals surface area contributed by atoms with Gasteiger partial charge in [-0.25, -0.2) is 15.0 Å². The zero-order valence-electron chi connectivity index (χ0n) is 22.5. The summed E-state index contributed by atoms with van der Waals surface area (Å²) in [6.45, 7) is 2.54. The molecule has 4 heterocycles. The van der Waals surface area contributed by atoms with Crippen LogP contribution in [0, 0.1) is 0 Å². The molecule has 1 saturated heterocycles. The number of aromatic nitrogens is 4. The molecule has 1 aliphatic heterocycles. The van der Waals surface area contributed by atoms with E-state index in [-0.39, 0.29) is 40.6 Å². The van der Waals surface area contributed by atoms with Gasteiger partial charge < -0.3 is 29.8 Å². The van der Waals surface area contributed by atoms with E-state index in [1.807, 2.05) is 0 Å². The van der Waals surface area contributed by atoms with E-state index in [2.05, 4.69) is 25.3 Å². The number of benzene rings is 1. The third kappa shape index (κ3) is 5.73. The summed E-state index contributed by atoms with van der Waals surface area (Å²) in [5.41, 5.74) is 5.47. The molecule has 1 aliphatic rings. The predicted octanol–water partition coefficient (Wildman–Crippen LogP) is 4.45. The van der Waals surface area contributed by atoms with Gasteiger partial charge in [0, 0.05) is 42.3 Å². The van der Waals surface area contributed by atoms with E-state index in [1.165, 1.54) is 26.4 Å². The summed E-state index contributed by atoms with van der Waals surface area (Å²) in [6, 6.07) is 6.27. The fourth-order valence-electron chi connectivity index (χ4n) is 4.69. The number of hydrogen-bond acceptors (Lipinski definition) is 10. The number of anilines is 1. The van der Waals surface area contributed by atoms with Crippen LogP contribution in [0.5, 0.6) is 11.6 Å². The number of nitrogens with two attached hydrogens (primary N) is 1. The Morgan fingerprint density at radius 2 is 1.85 bits per heavy atom. The second kappa shape index (κ2) is 11.2. The topological polar surface area (TPSA) is 142 Å². The number of amides is 1. The van der Waals surface area contributed by atoms with E-state index in [9.17, 15) is 18.0 Å². The average Bonchev–Trinajstić information content (AvgIpc) is 3.41. The zero-order chi connectivity index (χ0) is 29.3. The number of fused-ring (bicyclic) bond motifs is 1. The third-order valence-corrected chi connectivity index (χ3v) is 6.79. The molecule has 3 aromatic heterocycles. The van der Waals surface area contributed by atoms with Crippen LogP contribution in [0.1, 0.15) is 47.7 Å². The summed E-state index contributed by atoms with van der Waals surface area (Å²) < 4.78 is 56.4. The number of methoxy groups -OCH3 is 2. The van der Waals surface area contributed by atoms with Crippen molar-refractivity contribution in [2.24, 2.45) is 5.73 Å². The van der Waals surface area contributed by atoms with E-state index in [4.69, 9.17) is 19.6 Å². The van der Waals surface area contributed by atoms with Crippen molar-refractivity contribution in [3.63, 3.8) is 0 Å². The summed E-state index contributed by atoms with van der Waals surface area (Å²) in [7, 11) is 2.87. The predicted molar refractivity (Wildman–Crippen MR) is 143 cm³/mol. The van der Waals surface area contributed by atoms with Crippen LogP contribution >= 0.6 is 0 Å². The highest BCUT2D eigenvalue weighted by Gasteiger charge is 2.34. The van der Waals surface area contributed by atoms with Gasteiger partial charge in [0.2, 0.25) is 17.7 Å². The Morgan fingerprint density at radius 3 is 2.51 bits per heavy atom. The lowest BCUT2D eigenvalue weighted by Gasteiger charge is -2.32. The highest BCUT2D eigenvalue weighted by Crippen LogP contribution is 2.37. The molecule has 41 heavy (non-hydrogen) atoms. The van der Waals surface area contributed by atoms with Crippen LogP contribution in [0.25, 0.3) is 22.4 Å². The highest BCUT2D eigenvalue weighted by atomic mass is 19.4. The quantitative estimate of drug-likeness (QED) is 0.327. The number of pyridine rings is 1. The van der Waals surface area contributed by atoms with Crippen molar-refractivity contribution in [3.8, 4) is 23.1 Å². The maximum atomic E-state index is 13.6. The Balaban J connectivity index is 1.40. The summed E-state index contributed by atoms with van der Waals surface area (Å²) >= 11 is 0. The van der Waals surface area contributed by atoms with Crippen LogP contribution < -0.4 is 20.5 Å². The van der Waals surface area contributed by atoms with Gasteiger partial charge in [0.05, 0.1) is 20.3 Å². The normalized spacial score (nSPS) is 15.1. The maximum Gasteiger partial charge on any atom is 0.433 e. The molecular weight excluding hydrogens is 543 g/mol. The van der Waals surface area contributed by atoms with Crippen LogP contribution in [0.4, 0.5) is 19.1 Å². The van der Waals surface area contributed by atoms with Crippen LogP contribution in [-0.2, 0) is 6.18 Å².